The molecule has 2 heterocycles. The van der Waals surface area contributed by atoms with Crippen molar-refractivity contribution in [3.05, 3.63) is 0 Å². The molecule has 2 saturated heterocycles. The zero-order chi connectivity index (χ0) is 15.6. The second-order valence-corrected chi connectivity index (χ2v) is 7.03. The summed E-state index contributed by atoms with van der Waals surface area (Å²) in [4.78, 5) is 37.2. The number of piperidine rings is 1. The van der Waals surface area contributed by atoms with E-state index in [9.17, 15) is 14.4 Å². The molecule has 0 radical (unpaired) electrons. The molecule has 21 heavy (non-hydrogen) atoms. The van der Waals surface area contributed by atoms with Crippen molar-refractivity contribution < 1.29 is 14.4 Å². The molecule has 0 saturated carbocycles. The summed E-state index contributed by atoms with van der Waals surface area (Å²) in [6, 6.07) is 0.109. The van der Waals surface area contributed by atoms with Gasteiger partial charge in [0.15, 0.2) is 0 Å². The van der Waals surface area contributed by atoms with Crippen LogP contribution < -0.4 is 10.6 Å². The molecule has 0 spiro atoms. The Labute approximate surface area is 125 Å². The minimum absolute atomic E-state index is 0.0473. The SMILES string of the molecule is CC(C)(C)C(=O)N1CCC(NC(=O)C2CNC(=O)C2)CC1. The van der Waals surface area contributed by atoms with Gasteiger partial charge in [-0.25, -0.2) is 0 Å². The highest BCUT2D eigenvalue weighted by atomic mass is 16.2. The zero-order valence-electron chi connectivity index (χ0n) is 13.1. The first-order valence-corrected chi connectivity index (χ1v) is 7.64. The molecule has 118 valence electrons. The van der Waals surface area contributed by atoms with Crippen LogP contribution in [0.2, 0.25) is 0 Å². The van der Waals surface area contributed by atoms with Crippen LogP contribution in [0.3, 0.4) is 0 Å². The minimum Gasteiger partial charge on any atom is -0.355 e. The van der Waals surface area contributed by atoms with Crippen LogP contribution in [0.25, 0.3) is 0 Å². The lowest BCUT2D eigenvalue weighted by Crippen LogP contribution is -2.50. The van der Waals surface area contributed by atoms with Gasteiger partial charge in [-0.1, -0.05) is 20.8 Å². The van der Waals surface area contributed by atoms with Crippen LogP contribution in [-0.4, -0.2) is 48.3 Å². The van der Waals surface area contributed by atoms with Crippen LogP contribution in [0.1, 0.15) is 40.0 Å². The topological polar surface area (TPSA) is 78.5 Å². The smallest absolute Gasteiger partial charge is 0.227 e. The summed E-state index contributed by atoms with van der Waals surface area (Å²) in [6.45, 7) is 7.58. The Morgan fingerprint density at radius 2 is 1.86 bits per heavy atom. The van der Waals surface area contributed by atoms with E-state index >= 15 is 0 Å². The first-order chi connectivity index (χ1) is 9.77. The molecule has 3 amide bonds. The van der Waals surface area contributed by atoms with Crippen molar-refractivity contribution in [1.29, 1.82) is 0 Å². The van der Waals surface area contributed by atoms with E-state index < -0.39 is 0 Å². The van der Waals surface area contributed by atoms with Gasteiger partial charge in [-0.15, -0.1) is 0 Å². The van der Waals surface area contributed by atoms with Crippen molar-refractivity contribution in [3.63, 3.8) is 0 Å². The van der Waals surface area contributed by atoms with Crippen molar-refractivity contribution in [3.8, 4) is 0 Å². The molecule has 2 fully saturated rings. The van der Waals surface area contributed by atoms with E-state index in [1.807, 2.05) is 25.7 Å². The molecule has 1 unspecified atom stereocenters. The van der Waals surface area contributed by atoms with Crippen molar-refractivity contribution in [2.75, 3.05) is 19.6 Å². The molecule has 0 aromatic heterocycles. The van der Waals surface area contributed by atoms with Gasteiger partial charge >= 0.3 is 0 Å². The molecule has 2 aliphatic rings. The van der Waals surface area contributed by atoms with E-state index in [4.69, 9.17) is 0 Å². The number of hydrogen-bond acceptors (Lipinski definition) is 3. The molecule has 6 heteroatoms. The van der Waals surface area contributed by atoms with Crippen LogP contribution in [0.15, 0.2) is 0 Å². The second kappa shape index (κ2) is 6.03. The lowest BCUT2D eigenvalue weighted by Gasteiger charge is -2.36. The average molecular weight is 295 g/mol. The predicted molar refractivity (Wildman–Crippen MR) is 78.3 cm³/mol. The molecule has 2 rings (SSSR count). The summed E-state index contributed by atoms with van der Waals surface area (Å²) in [7, 11) is 0. The maximum Gasteiger partial charge on any atom is 0.227 e. The molecule has 2 N–H and O–H groups in total. The third-order valence-corrected chi connectivity index (χ3v) is 4.12. The Hall–Kier alpha value is -1.59. The van der Waals surface area contributed by atoms with Crippen LogP contribution >= 0.6 is 0 Å². The number of rotatable bonds is 2. The molecule has 6 nitrogen and oxygen atoms in total. The second-order valence-electron chi connectivity index (χ2n) is 7.03. The Bertz CT molecular complexity index is 434. The maximum absolute atomic E-state index is 12.2. The van der Waals surface area contributed by atoms with Gasteiger partial charge in [-0.3, -0.25) is 14.4 Å². The predicted octanol–water partition coefficient (Wildman–Crippen LogP) is 0.276. The fraction of sp³-hybridized carbons (Fsp3) is 0.800. The average Bonchev–Trinajstić information content (AvgIpc) is 2.84. The normalized spacial score (nSPS) is 23.9. The molecule has 2 aliphatic heterocycles. The number of amides is 3. The third kappa shape index (κ3) is 3.95. The quantitative estimate of drug-likeness (QED) is 0.768. The first-order valence-electron chi connectivity index (χ1n) is 7.64. The van der Waals surface area contributed by atoms with Crippen LogP contribution in [-0.2, 0) is 14.4 Å². The molecule has 0 aromatic carbocycles. The van der Waals surface area contributed by atoms with Crippen molar-refractivity contribution in [2.45, 2.75) is 46.1 Å². The Balaban J connectivity index is 1.78. The summed E-state index contributed by atoms with van der Waals surface area (Å²) in [5, 5.41) is 5.68. The largest absolute Gasteiger partial charge is 0.355 e. The first kappa shape index (κ1) is 15.8. The van der Waals surface area contributed by atoms with Gasteiger partial charge < -0.3 is 15.5 Å². The van der Waals surface area contributed by atoms with Gasteiger partial charge in [-0.05, 0) is 12.8 Å². The van der Waals surface area contributed by atoms with Crippen LogP contribution in [0, 0.1) is 11.3 Å². The van der Waals surface area contributed by atoms with Gasteiger partial charge in [-0.2, -0.15) is 0 Å². The molecular formula is C15H25N3O3. The summed E-state index contributed by atoms with van der Waals surface area (Å²) in [5.41, 5.74) is -0.355. The van der Waals surface area contributed by atoms with Gasteiger partial charge in [0.25, 0.3) is 0 Å². The number of hydrogen-bond donors (Lipinski definition) is 2. The number of nitrogens with one attached hydrogen (secondary N) is 2. The lowest BCUT2D eigenvalue weighted by molar-refractivity contribution is -0.140. The highest BCUT2D eigenvalue weighted by molar-refractivity contribution is 5.89. The summed E-state index contributed by atoms with van der Waals surface area (Å²) in [5.74, 6) is -0.181. The summed E-state index contributed by atoms with van der Waals surface area (Å²) in [6.07, 6.45) is 1.84. The molecule has 0 aliphatic carbocycles. The standard InChI is InChI=1S/C15H25N3O3/c1-15(2,3)14(21)18-6-4-11(5-7-18)17-13(20)10-8-12(19)16-9-10/h10-11H,4-9H2,1-3H3,(H,16,19)(H,17,20). The Morgan fingerprint density at radius 1 is 1.24 bits per heavy atom. The molecule has 0 aromatic rings. The van der Waals surface area contributed by atoms with E-state index in [0.717, 1.165) is 12.8 Å². The Kier molecular flexibility index (Phi) is 4.54. The van der Waals surface area contributed by atoms with Crippen molar-refractivity contribution in [2.24, 2.45) is 11.3 Å². The number of likely N-dealkylation sites (tertiary alicyclic amines) is 1. The van der Waals surface area contributed by atoms with Crippen LogP contribution in [0.5, 0.6) is 0 Å². The van der Waals surface area contributed by atoms with Crippen LogP contribution in [0.4, 0.5) is 0 Å². The molecular weight excluding hydrogens is 270 g/mol. The lowest BCUT2D eigenvalue weighted by atomic mass is 9.93. The fourth-order valence-corrected chi connectivity index (χ4v) is 2.81. The van der Waals surface area contributed by atoms with Gasteiger partial charge in [0, 0.05) is 37.5 Å². The minimum atomic E-state index is -0.355. The van der Waals surface area contributed by atoms with Gasteiger partial charge in [0.2, 0.25) is 17.7 Å². The number of carbonyl (C=O) groups is 3. The number of nitrogens with zero attached hydrogens (tertiary/aromatic N) is 1. The van der Waals surface area contributed by atoms with E-state index in [0.29, 0.717) is 19.6 Å². The molecule has 0 bridgehead atoms. The monoisotopic (exact) mass is 295 g/mol. The van der Waals surface area contributed by atoms with E-state index in [2.05, 4.69) is 10.6 Å². The number of carbonyl (C=O) groups excluding carboxylic acids is 3. The Morgan fingerprint density at radius 3 is 2.33 bits per heavy atom. The zero-order valence-corrected chi connectivity index (χ0v) is 13.1. The molecule has 1 atom stereocenters. The summed E-state index contributed by atoms with van der Waals surface area (Å²) < 4.78 is 0. The highest BCUT2D eigenvalue weighted by Gasteiger charge is 2.33. The van der Waals surface area contributed by atoms with Crippen molar-refractivity contribution >= 4 is 17.7 Å². The van der Waals surface area contributed by atoms with Gasteiger partial charge in [0.1, 0.15) is 0 Å². The fourth-order valence-electron chi connectivity index (χ4n) is 2.81. The van der Waals surface area contributed by atoms with E-state index in [-0.39, 0.29) is 41.5 Å². The van der Waals surface area contributed by atoms with E-state index in [1.165, 1.54) is 0 Å². The summed E-state index contributed by atoms with van der Waals surface area (Å²) >= 11 is 0. The van der Waals surface area contributed by atoms with Crippen molar-refractivity contribution in [1.82, 2.24) is 15.5 Å². The maximum atomic E-state index is 12.2. The van der Waals surface area contributed by atoms with E-state index in [1.54, 1.807) is 0 Å². The third-order valence-electron chi connectivity index (χ3n) is 4.12. The van der Waals surface area contributed by atoms with Gasteiger partial charge in [0.05, 0.1) is 5.92 Å². The highest BCUT2D eigenvalue weighted by Crippen LogP contribution is 2.21.